The van der Waals surface area contributed by atoms with Crippen molar-refractivity contribution in [1.82, 2.24) is 10.3 Å². The van der Waals surface area contributed by atoms with Crippen LogP contribution >= 0.6 is 11.3 Å². The normalized spacial score (nSPS) is 11.1. The number of amides is 1. The van der Waals surface area contributed by atoms with Crippen molar-refractivity contribution >= 4 is 33.0 Å². The van der Waals surface area contributed by atoms with E-state index in [4.69, 9.17) is 4.74 Å². The Morgan fingerprint density at radius 2 is 1.96 bits per heavy atom. The summed E-state index contributed by atoms with van der Waals surface area (Å²) in [5.74, 6) is 0.195. The first-order valence-electron chi connectivity index (χ1n) is 8.31. The Morgan fingerprint density at radius 1 is 1.21 bits per heavy atom. The van der Waals surface area contributed by atoms with Gasteiger partial charge in [-0.15, -0.1) is 11.3 Å². The lowest BCUT2D eigenvalue weighted by Crippen LogP contribution is -2.28. The number of hydrogen-bond acceptors (Lipinski definition) is 6. The summed E-state index contributed by atoms with van der Waals surface area (Å²) < 4.78 is 31.9. The third kappa shape index (κ3) is 4.32. The molecule has 146 valence electrons. The molecule has 0 fully saturated rings. The molecule has 0 radical (unpaired) electrons. The summed E-state index contributed by atoms with van der Waals surface area (Å²) in [6.07, 6.45) is 1.41. The third-order valence-corrected chi connectivity index (χ3v) is 6.74. The van der Waals surface area contributed by atoms with Crippen molar-refractivity contribution in [2.45, 2.75) is 11.4 Å². The summed E-state index contributed by atoms with van der Waals surface area (Å²) in [4.78, 5) is 17.5. The summed E-state index contributed by atoms with van der Waals surface area (Å²) in [5, 5.41) is 4.71. The van der Waals surface area contributed by atoms with Gasteiger partial charge in [-0.1, -0.05) is 6.07 Å². The fourth-order valence-corrected chi connectivity index (χ4v) is 4.29. The minimum atomic E-state index is -3.79. The number of rotatable bonds is 7. The molecule has 0 saturated carbocycles. The molecule has 1 N–H and O–H groups in total. The van der Waals surface area contributed by atoms with Gasteiger partial charge in [-0.3, -0.25) is 14.1 Å². The molecule has 2 aromatic heterocycles. The second-order valence-corrected chi connectivity index (χ2v) is 8.81. The van der Waals surface area contributed by atoms with E-state index in [1.807, 2.05) is 17.5 Å². The van der Waals surface area contributed by atoms with E-state index >= 15 is 0 Å². The number of hydrogen-bond donors (Lipinski definition) is 1. The van der Waals surface area contributed by atoms with Crippen molar-refractivity contribution in [2.75, 3.05) is 18.5 Å². The highest BCUT2D eigenvalue weighted by atomic mass is 32.2. The topological polar surface area (TPSA) is 88.6 Å². The van der Waals surface area contributed by atoms with Crippen molar-refractivity contribution in [3.05, 3.63) is 70.7 Å². The van der Waals surface area contributed by atoms with Crippen molar-refractivity contribution in [2.24, 2.45) is 0 Å². The van der Waals surface area contributed by atoms with Crippen LogP contribution in [-0.4, -0.2) is 33.5 Å². The second-order valence-electron chi connectivity index (χ2n) is 5.81. The first kappa shape index (κ1) is 19.8. The number of carbonyl (C=O) groups excluding carboxylic acids is 1. The number of carbonyl (C=O) groups is 1. The molecule has 7 nitrogen and oxygen atoms in total. The van der Waals surface area contributed by atoms with Crippen molar-refractivity contribution in [3.63, 3.8) is 0 Å². The smallest absolute Gasteiger partial charge is 0.270 e. The number of sulfonamides is 1. The van der Waals surface area contributed by atoms with Gasteiger partial charge in [0, 0.05) is 18.1 Å². The minimum absolute atomic E-state index is 0.122. The molecule has 0 spiro atoms. The van der Waals surface area contributed by atoms with Gasteiger partial charge >= 0.3 is 0 Å². The average molecular weight is 418 g/mol. The standard InChI is InChI=1S/C19H19N3O4S2/c1-22(28(24,25)17-7-5-15(26-2)6-8-17)14-9-10-20-18(12-14)19(23)21-13-16-4-3-11-27-16/h3-12H,13H2,1-2H3,(H,21,23). The lowest BCUT2D eigenvalue weighted by atomic mass is 10.3. The van der Waals surface area contributed by atoms with Gasteiger partial charge in [-0.05, 0) is 47.8 Å². The number of ether oxygens (including phenoxy) is 1. The predicted molar refractivity (Wildman–Crippen MR) is 108 cm³/mol. The number of pyridine rings is 1. The zero-order valence-electron chi connectivity index (χ0n) is 15.3. The van der Waals surface area contributed by atoms with Crippen LogP contribution < -0.4 is 14.4 Å². The van der Waals surface area contributed by atoms with Gasteiger partial charge in [0.2, 0.25) is 0 Å². The molecule has 9 heteroatoms. The highest BCUT2D eigenvalue weighted by Crippen LogP contribution is 2.24. The Balaban J connectivity index is 1.78. The van der Waals surface area contributed by atoms with E-state index in [0.29, 0.717) is 18.0 Å². The highest BCUT2D eigenvalue weighted by Gasteiger charge is 2.22. The van der Waals surface area contributed by atoms with Crippen LogP contribution in [0.25, 0.3) is 0 Å². The van der Waals surface area contributed by atoms with E-state index < -0.39 is 10.0 Å². The number of benzene rings is 1. The lowest BCUT2D eigenvalue weighted by molar-refractivity contribution is 0.0946. The monoisotopic (exact) mass is 417 g/mol. The van der Waals surface area contributed by atoms with Gasteiger partial charge in [0.05, 0.1) is 24.2 Å². The Kier molecular flexibility index (Phi) is 5.96. The summed E-state index contributed by atoms with van der Waals surface area (Å²) in [5.41, 5.74) is 0.484. The van der Waals surface area contributed by atoms with Crippen LogP contribution in [0.3, 0.4) is 0 Å². The van der Waals surface area contributed by atoms with E-state index in [2.05, 4.69) is 10.3 Å². The molecule has 0 saturated heterocycles. The van der Waals surface area contributed by atoms with Gasteiger partial charge in [0.25, 0.3) is 15.9 Å². The zero-order valence-corrected chi connectivity index (χ0v) is 17.0. The number of anilines is 1. The Bertz CT molecular complexity index is 1050. The van der Waals surface area contributed by atoms with E-state index in [1.165, 1.54) is 44.6 Å². The van der Waals surface area contributed by atoms with E-state index in [1.54, 1.807) is 23.5 Å². The van der Waals surface area contributed by atoms with Crippen molar-refractivity contribution < 1.29 is 17.9 Å². The van der Waals surface area contributed by atoms with E-state index in [-0.39, 0.29) is 16.5 Å². The summed E-state index contributed by atoms with van der Waals surface area (Å²) in [6, 6.07) is 12.9. The number of aromatic nitrogens is 1. The molecule has 0 aliphatic rings. The first-order chi connectivity index (χ1) is 13.4. The number of nitrogens with one attached hydrogen (secondary N) is 1. The molecule has 1 aromatic carbocycles. The maximum absolute atomic E-state index is 12.9. The van der Waals surface area contributed by atoms with Crippen LogP contribution in [0, 0.1) is 0 Å². The summed E-state index contributed by atoms with van der Waals surface area (Å²) in [6.45, 7) is 0.391. The molecule has 3 rings (SSSR count). The van der Waals surface area contributed by atoms with Gasteiger partial charge in [-0.2, -0.15) is 0 Å². The Labute approximate surface area is 167 Å². The largest absolute Gasteiger partial charge is 0.497 e. The maximum atomic E-state index is 12.9. The molecule has 3 aromatic rings. The molecule has 2 heterocycles. The molecule has 1 amide bonds. The molecular formula is C19H19N3O4S2. The molecule has 0 aliphatic carbocycles. The SMILES string of the molecule is COc1ccc(S(=O)(=O)N(C)c2ccnc(C(=O)NCc3cccs3)c2)cc1. The Morgan fingerprint density at radius 3 is 2.61 bits per heavy atom. The van der Waals surface area contributed by atoms with Gasteiger partial charge in [-0.25, -0.2) is 8.42 Å². The van der Waals surface area contributed by atoms with Crippen LogP contribution in [0.4, 0.5) is 5.69 Å². The lowest BCUT2D eigenvalue weighted by Gasteiger charge is -2.20. The van der Waals surface area contributed by atoms with Crippen molar-refractivity contribution in [1.29, 1.82) is 0 Å². The van der Waals surface area contributed by atoms with Gasteiger partial charge in [0.15, 0.2) is 0 Å². The van der Waals surface area contributed by atoms with Crippen LogP contribution in [0.1, 0.15) is 15.4 Å². The molecule has 28 heavy (non-hydrogen) atoms. The quantitative estimate of drug-likeness (QED) is 0.639. The first-order valence-corrected chi connectivity index (χ1v) is 10.6. The van der Waals surface area contributed by atoms with Crippen LogP contribution in [-0.2, 0) is 16.6 Å². The van der Waals surface area contributed by atoms with Crippen LogP contribution in [0.2, 0.25) is 0 Å². The van der Waals surface area contributed by atoms with Gasteiger partial charge < -0.3 is 10.1 Å². The van der Waals surface area contributed by atoms with Crippen LogP contribution in [0.15, 0.2) is 65.0 Å². The average Bonchev–Trinajstić information content (AvgIpc) is 3.25. The minimum Gasteiger partial charge on any atom is -0.497 e. The fraction of sp³-hybridized carbons (Fsp3) is 0.158. The van der Waals surface area contributed by atoms with E-state index in [0.717, 1.165) is 9.18 Å². The zero-order chi connectivity index (χ0) is 20.1. The second kappa shape index (κ2) is 8.41. The molecular weight excluding hydrogens is 398 g/mol. The third-order valence-electron chi connectivity index (χ3n) is 4.06. The molecule has 0 aliphatic heterocycles. The number of thiophene rings is 1. The number of nitrogens with zero attached hydrogens (tertiary/aromatic N) is 2. The molecule has 0 bridgehead atoms. The fourth-order valence-electron chi connectivity index (χ4n) is 2.46. The summed E-state index contributed by atoms with van der Waals surface area (Å²) >= 11 is 1.54. The summed E-state index contributed by atoms with van der Waals surface area (Å²) in [7, 11) is -0.843. The Hall–Kier alpha value is -2.91. The van der Waals surface area contributed by atoms with Crippen molar-refractivity contribution in [3.8, 4) is 5.75 Å². The molecule has 0 unspecified atom stereocenters. The highest BCUT2D eigenvalue weighted by molar-refractivity contribution is 7.92. The maximum Gasteiger partial charge on any atom is 0.270 e. The van der Waals surface area contributed by atoms with E-state index in [9.17, 15) is 13.2 Å². The van der Waals surface area contributed by atoms with Gasteiger partial charge in [0.1, 0.15) is 11.4 Å². The number of methoxy groups -OCH3 is 1. The molecule has 0 atom stereocenters. The van der Waals surface area contributed by atoms with Crippen LogP contribution in [0.5, 0.6) is 5.75 Å². The predicted octanol–water partition coefficient (Wildman–Crippen LogP) is 2.91.